The quantitative estimate of drug-likeness (QED) is 0.768. The Bertz CT molecular complexity index is 860. The molecule has 0 unspecified atom stereocenters. The average molecular weight is 314 g/mol. The van der Waals surface area contributed by atoms with E-state index in [9.17, 15) is 4.79 Å². The molecule has 0 bridgehead atoms. The normalized spacial score (nSPS) is 13.0. The Labute approximate surface area is 141 Å². The van der Waals surface area contributed by atoms with Crippen LogP contribution >= 0.6 is 0 Å². The maximum absolute atomic E-state index is 12.6. The zero-order chi connectivity index (χ0) is 16.4. The van der Waals surface area contributed by atoms with Crippen LogP contribution in [0, 0.1) is 0 Å². The highest BCUT2D eigenvalue weighted by atomic mass is 16.2. The molecular weight excluding hydrogens is 296 g/mol. The average Bonchev–Trinajstić information content (AvgIpc) is 2.98. The fourth-order valence-corrected chi connectivity index (χ4v) is 3.15. The van der Waals surface area contributed by atoms with Crippen molar-refractivity contribution in [1.29, 1.82) is 0 Å². The van der Waals surface area contributed by atoms with E-state index in [1.807, 2.05) is 71.6 Å². The zero-order valence-electron chi connectivity index (χ0n) is 13.3. The van der Waals surface area contributed by atoms with E-state index in [4.69, 9.17) is 0 Å². The molecule has 0 fully saturated rings. The topological polar surface area (TPSA) is 32.3 Å². The molecule has 0 saturated carbocycles. The van der Waals surface area contributed by atoms with Gasteiger partial charge < -0.3 is 5.32 Å². The molecule has 3 aromatic rings. The van der Waals surface area contributed by atoms with Gasteiger partial charge >= 0.3 is 0 Å². The standard InChI is InChI=1S/C21H18N2O/c24-21-14-18-19(22-15-16-8-3-1-4-9-16)12-7-13-20(18)23(21)17-10-5-2-6-11-17/h1-13,22H,14-15H2. The molecule has 0 atom stereocenters. The predicted molar refractivity (Wildman–Crippen MR) is 97.5 cm³/mol. The lowest BCUT2D eigenvalue weighted by Gasteiger charge is -2.18. The van der Waals surface area contributed by atoms with Crippen molar-refractivity contribution in [2.24, 2.45) is 0 Å². The molecule has 3 aromatic carbocycles. The molecule has 4 rings (SSSR count). The number of nitrogens with one attached hydrogen (secondary N) is 1. The first-order chi connectivity index (χ1) is 11.8. The van der Waals surface area contributed by atoms with Crippen LogP contribution in [0.5, 0.6) is 0 Å². The summed E-state index contributed by atoms with van der Waals surface area (Å²) in [5.41, 5.74) is 5.22. The zero-order valence-corrected chi connectivity index (χ0v) is 13.3. The van der Waals surface area contributed by atoms with E-state index in [2.05, 4.69) is 17.4 Å². The van der Waals surface area contributed by atoms with Gasteiger partial charge in [-0.25, -0.2) is 0 Å². The first-order valence-corrected chi connectivity index (χ1v) is 8.10. The van der Waals surface area contributed by atoms with E-state index < -0.39 is 0 Å². The molecule has 1 aliphatic rings. The number of carbonyl (C=O) groups is 1. The van der Waals surface area contributed by atoms with Crippen LogP contribution < -0.4 is 10.2 Å². The molecule has 3 nitrogen and oxygen atoms in total. The van der Waals surface area contributed by atoms with Crippen molar-refractivity contribution in [3.8, 4) is 0 Å². The number of anilines is 3. The van der Waals surface area contributed by atoms with Crippen molar-refractivity contribution in [3.05, 3.63) is 90.0 Å². The van der Waals surface area contributed by atoms with Gasteiger partial charge in [-0.2, -0.15) is 0 Å². The van der Waals surface area contributed by atoms with Crippen molar-refractivity contribution < 1.29 is 4.79 Å². The Morgan fingerprint density at radius 3 is 2.29 bits per heavy atom. The second-order valence-corrected chi connectivity index (χ2v) is 5.88. The largest absolute Gasteiger partial charge is 0.381 e. The van der Waals surface area contributed by atoms with E-state index in [1.54, 1.807) is 0 Å². The number of nitrogens with zero attached hydrogens (tertiary/aromatic N) is 1. The molecule has 1 heterocycles. The minimum absolute atomic E-state index is 0.116. The van der Waals surface area contributed by atoms with Gasteiger partial charge in [0, 0.05) is 23.5 Å². The third-order valence-electron chi connectivity index (χ3n) is 4.31. The van der Waals surface area contributed by atoms with Gasteiger partial charge in [0.25, 0.3) is 0 Å². The number of carbonyl (C=O) groups excluding carboxylic acids is 1. The molecule has 0 radical (unpaired) electrons. The molecule has 0 spiro atoms. The minimum Gasteiger partial charge on any atom is -0.381 e. The number of rotatable bonds is 4. The Hall–Kier alpha value is -3.07. The Morgan fingerprint density at radius 1 is 0.833 bits per heavy atom. The summed E-state index contributed by atoms with van der Waals surface area (Å²) < 4.78 is 0. The first-order valence-electron chi connectivity index (χ1n) is 8.10. The van der Waals surface area contributed by atoms with Crippen molar-refractivity contribution in [2.75, 3.05) is 10.2 Å². The summed E-state index contributed by atoms with van der Waals surface area (Å²) in [6, 6.07) is 26.1. The van der Waals surface area contributed by atoms with Gasteiger partial charge in [-0.3, -0.25) is 9.69 Å². The van der Waals surface area contributed by atoms with Crippen LogP contribution in [0.2, 0.25) is 0 Å². The van der Waals surface area contributed by atoms with Crippen LogP contribution in [0.3, 0.4) is 0 Å². The van der Waals surface area contributed by atoms with Gasteiger partial charge in [0.2, 0.25) is 5.91 Å². The lowest BCUT2D eigenvalue weighted by atomic mass is 10.1. The summed E-state index contributed by atoms with van der Waals surface area (Å²) in [7, 11) is 0. The van der Waals surface area contributed by atoms with Crippen LogP contribution in [0.25, 0.3) is 0 Å². The van der Waals surface area contributed by atoms with Gasteiger partial charge in [0.1, 0.15) is 0 Å². The highest BCUT2D eigenvalue weighted by Gasteiger charge is 2.30. The summed E-state index contributed by atoms with van der Waals surface area (Å²) >= 11 is 0. The highest BCUT2D eigenvalue weighted by molar-refractivity contribution is 6.08. The van der Waals surface area contributed by atoms with Crippen LogP contribution in [-0.2, 0) is 17.8 Å². The van der Waals surface area contributed by atoms with E-state index >= 15 is 0 Å². The summed E-state index contributed by atoms with van der Waals surface area (Å²) in [4.78, 5) is 14.4. The van der Waals surface area contributed by atoms with Gasteiger partial charge in [-0.05, 0) is 29.8 Å². The lowest BCUT2D eigenvalue weighted by molar-refractivity contribution is -0.116. The Morgan fingerprint density at radius 2 is 1.54 bits per heavy atom. The Balaban J connectivity index is 1.64. The molecule has 1 aliphatic heterocycles. The van der Waals surface area contributed by atoms with Crippen molar-refractivity contribution in [2.45, 2.75) is 13.0 Å². The molecular formula is C21H18N2O. The number of benzene rings is 3. The predicted octanol–water partition coefficient (Wildman–Crippen LogP) is 4.52. The maximum atomic E-state index is 12.6. The summed E-state index contributed by atoms with van der Waals surface area (Å²) in [5.74, 6) is 0.116. The molecule has 24 heavy (non-hydrogen) atoms. The number of fused-ring (bicyclic) bond motifs is 1. The highest BCUT2D eigenvalue weighted by Crippen LogP contribution is 2.39. The molecule has 118 valence electrons. The molecule has 0 aromatic heterocycles. The number of amides is 1. The summed E-state index contributed by atoms with van der Waals surface area (Å²) in [6.07, 6.45) is 0.433. The lowest BCUT2D eigenvalue weighted by Crippen LogP contribution is -2.20. The van der Waals surface area contributed by atoms with E-state index in [1.165, 1.54) is 5.56 Å². The van der Waals surface area contributed by atoms with Gasteiger partial charge in [0.05, 0.1) is 12.1 Å². The fraction of sp³-hybridized carbons (Fsp3) is 0.0952. The fourth-order valence-electron chi connectivity index (χ4n) is 3.15. The molecule has 0 saturated heterocycles. The molecule has 1 N–H and O–H groups in total. The third-order valence-corrected chi connectivity index (χ3v) is 4.31. The first kappa shape index (κ1) is 14.5. The van der Waals surface area contributed by atoms with Gasteiger partial charge in [-0.1, -0.05) is 54.6 Å². The van der Waals surface area contributed by atoms with Crippen LogP contribution in [0.4, 0.5) is 17.1 Å². The minimum atomic E-state index is 0.116. The van der Waals surface area contributed by atoms with Gasteiger partial charge in [0.15, 0.2) is 0 Å². The van der Waals surface area contributed by atoms with Crippen molar-refractivity contribution in [3.63, 3.8) is 0 Å². The van der Waals surface area contributed by atoms with Gasteiger partial charge in [-0.15, -0.1) is 0 Å². The van der Waals surface area contributed by atoms with E-state index in [-0.39, 0.29) is 5.91 Å². The van der Waals surface area contributed by atoms with Crippen LogP contribution in [-0.4, -0.2) is 5.91 Å². The smallest absolute Gasteiger partial charge is 0.236 e. The van der Waals surface area contributed by atoms with Crippen molar-refractivity contribution >= 4 is 23.0 Å². The number of hydrogen-bond donors (Lipinski definition) is 1. The van der Waals surface area contributed by atoms with Crippen molar-refractivity contribution in [1.82, 2.24) is 0 Å². The second kappa shape index (κ2) is 6.20. The summed E-state index contributed by atoms with van der Waals surface area (Å²) in [6.45, 7) is 0.747. The number of para-hydroxylation sites is 1. The van der Waals surface area contributed by atoms with Crippen LogP contribution in [0.15, 0.2) is 78.9 Å². The maximum Gasteiger partial charge on any atom is 0.236 e. The molecule has 3 heteroatoms. The van der Waals surface area contributed by atoms with E-state index in [0.29, 0.717) is 6.42 Å². The van der Waals surface area contributed by atoms with E-state index in [0.717, 1.165) is 29.2 Å². The molecule has 0 aliphatic carbocycles. The SMILES string of the molecule is O=C1Cc2c(NCc3ccccc3)cccc2N1c1ccccc1. The number of hydrogen-bond acceptors (Lipinski definition) is 2. The second-order valence-electron chi connectivity index (χ2n) is 5.88. The Kier molecular flexibility index (Phi) is 3.75. The monoisotopic (exact) mass is 314 g/mol. The third kappa shape index (κ3) is 2.65. The summed E-state index contributed by atoms with van der Waals surface area (Å²) in [5, 5.41) is 3.47. The molecule has 1 amide bonds. The van der Waals surface area contributed by atoms with Crippen LogP contribution in [0.1, 0.15) is 11.1 Å².